The Morgan fingerprint density at radius 1 is 0.216 bits per heavy atom. The van der Waals surface area contributed by atoms with Gasteiger partial charge in [0.2, 0.25) is 0 Å². The Kier molecular flexibility index (Phi) is 22.5. The Hall–Kier alpha value is -11.8. The van der Waals surface area contributed by atoms with E-state index in [-0.39, 0.29) is 37.2 Å². The lowest BCUT2D eigenvalue weighted by atomic mass is 9.91. The predicted molar refractivity (Wildman–Crippen MR) is 399 cm³/mol. The van der Waals surface area contributed by atoms with E-state index in [0.29, 0.717) is 145 Å². The van der Waals surface area contributed by atoms with Crippen LogP contribution in [0.25, 0.3) is 0 Å². The van der Waals surface area contributed by atoms with E-state index < -0.39 is 0 Å². The lowest BCUT2D eigenvalue weighted by Crippen LogP contribution is -2.07. The van der Waals surface area contributed by atoms with Crippen molar-refractivity contribution in [3.63, 3.8) is 0 Å². The number of methoxy groups -OCH3 is 4. The number of fused-ring (bicyclic) bond motifs is 12. The molecule has 0 spiro atoms. The molecule has 12 heteroatoms. The van der Waals surface area contributed by atoms with Gasteiger partial charge in [-0.3, -0.25) is 0 Å². The average molecular weight is 1360 g/mol. The summed E-state index contributed by atoms with van der Waals surface area (Å²) in [5.74, 6) is 6.45. The molecule has 12 bridgehead atoms. The minimum absolute atomic E-state index is 0.0989. The van der Waals surface area contributed by atoms with E-state index in [2.05, 4.69) is 0 Å². The summed E-state index contributed by atoms with van der Waals surface area (Å²) >= 11 is 0. The van der Waals surface area contributed by atoms with E-state index in [0.717, 1.165) is 77.9 Å². The summed E-state index contributed by atoms with van der Waals surface area (Å²) < 4.78 is 66.5. The summed E-state index contributed by atoms with van der Waals surface area (Å²) in [6.45, 7) is 1.85. The van der Waals surface area contributed by atoms with Crippen molar-refractivity contribution in [2.45, 2.75) is 91.0 Å². The van der Waals surface area contributed by atoms with Gasteiger partial charge >= 0.3 is 0 Å². The number of aromatic hydroxyl groups is 2. The zero-order chi connectivity index (χ0) is 70.0. The van der Waals surface area contributed by atoms with E-state index in [4.69, 9.17) is 47.4 Å². The fraction of sp³-hybridized carbons (Fsp3) is 0.200. The molecule has 0 amide bonds. The number of rotatable bonds is 22. The SMILES string of the molecule is COc1c2cc(OCc3ccccc3)cc1Cc1cc(OCc3ccccc3)cc(c1O)Cc1cc(OCc3ccccc3)cc(c1OC)CCc1cc(OCc3ccccc3)cc(c1OC)Cc1cc(OCc3ccccc3)cc(c1O)Cc1cc(OCc3ccccc3)cc(c1OC)CC2. The molecule has 102 heavy (non-hydrogen) atoms. The standard InChI is InChI=1S/C90H84O12/c1-93-87-67-35-36-68-44-80(98-56-62-25-13-6-14-26-62)52-76(88(68)94-2)41-73-49-84(102-60-66-33-21-10-22-34-66)50-74(86(73)92)42-78-54-82(100-58-64-29-17-8-18-30-64)46-70(90(78)96-4)38-37-69-45-81(99-57-63-27-15-7-16-28-63)53-77(89(69)95-3)40-72-48-83(101-59-65-31-19-9-20-32-65)47-71(85(72)91)39-75(87)51-79(43-67)97-55-61-23-11-5-12-24-61/h5-34,43-54,91-92H,35-42,55-60H2,1-4H3. The third kappa shape index (κ3) is 17.4. The second-order valence-corrected chi connectivity index (χ2v) is 25.6. The molecule has 12 aromatic rings. The van der Waals surface area contributed by atoms with E-state index in [9.17, 15) is 10.2 Å². The molecule has 0 aliphatic heterocycles. The maximum Gasteiger partial charge on any atom is 0.125 e. The smallest absolute Gasteiger partial charge is 0.125 e. The highest BCUT2D eigenvalue weighted by atomic mass is 16.5. The van der Waals surface area contributed by atoms with E-state index in [1.165, 1.54) is 0 Å². The van der Waals surface area contributed by atoms with Gasteiger partial charge in [-0.1, -0.05) is 182 Å². The van der Waals surface area contributed by atoms with Crippen LogP contribution in [-0.4, -0.2) is 38.7 Å². The molecule has 13 rings (SSSR count). The molecule has 0 unspecified atom stereocenters. The van der Waals surface area contributed by atoms with Gasteiger partial charge in [0.25, 0.3) is 0 Å². The van der Waals surface area contributed by atoms with Gasteiger partial charge in [0, 0.05) is 70.2 Å². The molecule has 12 nitrogen and oxygen atoms in total. The van der Waals surface area contributed by atoms with Crippen LogP contribution in [0, 0.1) is 0 Å². The highest BCUT2D eigenvalue weighted by molar-refractivity contribution is 5.60. The zero-order valence-corrected chi connectivity index (χ0v) is 58.1. The summed E-state index contributed by atoms with van der Waals surface area (Å²) in [7, 11) is 6.75. The Morgan fingerprint density at radius 2 is 0.373 bits per heavy atom. The van der Waals surface area contributed by atoms with Gasteiger partial charge in [-0.2, -0.15) is 0 Å². The van der Waals surface area contributed by atoms with Gasteiger partial charge in [0.15, 0.2) is 0 Å². The molecule has 1 aliphatic rings. The second-order valence-electron chi connectivity index (χ2n) is 25.6. The third-order valence-electron chi connectivity index (χ3n) is 18.5. The highest BCUT2D eigenvalue weighted by Gasteiger charge is 2.25. The maximum absolute atomic E-state index is 13.0. The summed E-state index contributed by atoms with van der Waals surface area (Å²) in [4.78, 5) is 0. The average Bonchev–Trinajstić information content (AvgIpc) is 0.786. The van der Waals surface area contributed by atoms with Crippen molar-refractivity contribution in [2.75, 3.05) is 28.4 Å². The molecule has 0 fully saturated rings. The van der Waals surface area contributed by atoms with Crippen LogP contribution in [0.1, 0.15) is 100 Å². The highest BCUT2D eigenvalue weighted by Crippen LogP contribution is 2.44. The van der Waals surface area contributed by atoms with Crippen LogP contribution >= 0.6 is 0 Å². The van der Waals surface area contributed by atoms with Crippen molar-refractivity contribution in [3.8, 4) is 69.0 Å². The van der Waals surface area contributed by atoms with Gasteiger partial charge in [0.05, 0.1) is 28.4 Å². The van der Waals surface area contributed by atoms with Crippen LogP contribution in [0.5, 0.6) is 69.0 Å². The van der Waals surface area contributed by atoms with Gasteiger partial charge < -0.3 is 57.6 Å². The van der Waals surface area contributed by atoms with Gasteiger partial charge in [-0.25, -0.2) is 0 Å². The first kappa shape index (κ1) is 68.8. The second kappa shape index (κ2) is 33.4. The number of phenols is 2. The largest absolute Gasteiger partial charge is 0.507 e. The van der Waals surface area contributed by atoms with Crippen LogP contribution in [0.15, 0.2) is 255 Å². The molecular formula is C90H84O12. The molecule has 1 aliphatic carbocycles. The predicted octanol–water partition coefficient (Wildman–Crippen LogP) is 18.9. The van der Waals surface area contributed by atoms with E-state index in [1.54, 1.807) is 28.4 Å². The summed E-state index contributed by atoms with van der Waals surface area (Å²) in [6, 6.07) is 84.4. The number of ether oxygens (including phenoxy) is 10. The van der Waals surface area contributed by atoms with Crippen LogP contribution in [0.4, 0.5) is 0 Å². The van der Waals surface area contributed by atoms with Crippen LogP contribution in [0.3, 0.4) is 0 Å². The van der Waals surface area contributed by atoms with E-state index in [1.807, 2.05) is 255 Å². The normalized spacial score (nSPS) is 12.1. The summed E-state index contributed by atoms with van der Waals surface area (Å²) in [6.07, 6.45) is 2.80. The zero-order valence-electron chi connectivity index (χ0n) is 58.1. The van der Waals surface area contributed by atoms with Crippen molar-refractivity contribution < 1.29 is 57.6 Å². The number of hydrogen-bond acceptors (Lipinski definition) is 12. The molecule has 0 radical (unpaired) electrons. The topological polar surface area (TPSA) is 133 Å². The Bertz CT molecular complexity index is 4200. The van der Waals surface area contributed by atoms with Gasteiger partial charge in [0.1, 0.15) is 109 Å². The molecule has 0 saturated heterocycles. The fourth-order valence-corrected chi connectivity index (χ4v) is 13.5. The van der Waals surface area contributed by atoms with Crippen molar-refractivity contribution in [3.05, 3.63) is 355 Å². The van der Waals surface area contributed by atoms with Crippen LogP contribution in [-0.2, 0) is 91.0 Å². The Labute approximate surface area is 597 Å². The van der Waals surface area contributed by atoms with Crippen LogP contribution < -0.4 is 47.4 Å². The first-order valence-electron chi connectivity index (χ1n) is 34.6. The Morgan fingerprint density at radius 3 is 0.539 bits per heavy atom. The van der Waals surface area contributed by atoms with Gasteiger partial charge in [-0.15, -0.1) is 0 Å². The first-order valence-corrected chi connectivity index (χ1v) is 34.6. The molecular weight excluding hydrogens is 1270 g/mol. The quantitative estimate of drug-likeness (QED) is 0.0669. The van der Waals surface area contributed by atoms with Crippen molar-refractivity contribution in [1.82, 2.24) is 0 Å². The third-order valence-corrected chi connectivity index (χ3v) is 18.5. The number of phenolic OH excluding ortho intramolecular Hbond substituents is 2. The van der Waals surface area contributed by atoms with Crippen molar-refractivity contribution >= 4 is 0 Å². The van der Waals surface area contributed by atoms with Gasteiger partial charge in [-0.05, 0) is 154 Å². The monoisotopic (exact) mass is 1360 g/mol. The number of aryl methyl sites for hydroxylation is 4. The molecule has 516 valence electrons. The molecule has 2 N–H and O–H groups in total. The lowest BCUT2D eigenvalue weighted by Gasteiger charge is -2.22. The Balaban J connectivity index is 0.998. The lowest BCUT2D eigenvalue weighted by molar-refractivity contribution is 0.303. The maximum atomic E-state index is 13.0. The first-order chi connectivity index (χ1) is 50.1. The molecule has 0 aromatic heterocycles. The van der Waals surface area contributed by atoms with Crippen molar-refractivity contribution in [1.29, 1.82) is 0 Å². The molecule has 0 saturated carbocycles. The van der Waals surface area contributed by atoms with E-state index >= 15 is 0 Å². The fourth-order valence-electron chi connectivity index (χ4n) is 13.5. The molecule has 0 atom stereocenters. The number of benzene rings is 12. The van der Waals surface area contributed by atoms with Crippen LogP contribution in [0.2, 0.25) is 0 Å². The minimum atomic E-state index is 0.0989. The number of hydrogen-bond donors (Lipinski definition) is 2. The minimum Gasteiger partial charge on any atom is -0.507 e. The molecule has 0 heterocycles. The van der Waals surface area contributed by atoms with Crippen molar-refractivity contribution in [2.24, 2.45) is 0 Å². The summed E-state index contributed by atoms with van der Waals surface area (Å²) in [5, 5.41) is 26.1. The summed E-state index contributed by atoms with van der Waals surface area (Å²) in [5.41, 5.74) is 15.1. The molecule has 12 aromatic carbocycles.